The van der Waals surface area contributed by atoms with Gasteiger partial charge in [-0.1, -0.05) is 18.6 Å². The molecule has 1 fully saturated rings. The van der Waals surface area contributed by atoms with E-state index in [4.69, 9.17) is 5.73 Å². The van der Waals surface area contributed by atoms with Gasteiger partial charge in [-0.05, 0) is 51.3 Å². The van der Waals surface area contributed by atoms with E-state index in [2.05, 4.69) is 16.0 Å². The molecule has 0 aliphatic heterocycles. The number of rotatable bonds is 5. The fourth-order valence-electron chi connectivity index (χ4n) is 2.97. The van der Waals surface area contributed by atoms with Crippen LogP contribution in [0.15, 0.2) is 24.3 Å². The number of carbonyl (C=O) groups excluding carboxylic acids is 2. The van der Waals surface area contributed by atoms with E-state index in [1.54, 1.807) is 24.3 Å². The summed E-state index contributed by atoms with van der Waals surface area (Å²) in [5.41, 5.74) is 6.74. The third kappa shape index (κ3) is 5.39. The van der Waals surface area contributed by atoms with Crippen LogP contribution in [0.3, 0.4) is 0 Å². The van der Waals surface area contributed by atoms with E-state index in [1.807, 2.05) is 13.8 Å². The van der Waals surface area contributed by atoms with Crippen molar-refractivity contribution < 1.29 is 9.59 Å². The molecule has 1 aromatic carbocycles. The lowest BCUT2D eigenvalue weighted by molar-refractivity contribution is 0.0929. The first-order chi connectivity index (χ1) is 11.0. The second-order valence-electron chi connectivity index (χ2n) is 6.31. The van der Waals surface area contributed by atoms with Crippen LogP contribution in [0.25, 0.3) is 0 Å². The Labute approximate surface area is 149 Å². The standard InChI is InChI=1S/C17H26N4O2.ClH/c1-11(2)19-17(23)21-15-8-4-3-7-13(15)16(22)20-14-9-5-6-12(14)10-18;/h3-4,7-8,11-12,14H,5-6,9-10,18H2,1-2H3,(H,20,22)(H2,19,21,23);1H. The van der Waals surface area contributed by atoms with Gasteiger partial charge in [-0.25, -0.2) is 4.79 Å². The quantitative estimate of drug-likeness (QED) is 0.654. The number of para-hydroxylation sites is 1. The maximum Gasteiger partial charge on any atom is 0.319 e. The molecule has 2 rings (SSSR count). The molecule has 1 aromatic rings. The topological polar surface area (TPSA) is 96.2 Å². The van der Waals surface area contributed by atoms with Crippen LogP contribution in [0.4, 0.5) is 10.5 Å². The predicted molar refractivity (Wildman–Crippen MR) is 98.6 cm³/mol. The molecule has 24 heavy (non-hydrogen) atoms. The number of benzene rings is 1. The summed E-state index contributed by atoms with van der Waals surface area (Å²) < 4.78 is 0. The second-order valence-corrected chi connectivity index (χ2v) is 6.31. The number of nitrogens with one attached hydrogen (secondary N) is 3. The molecule has 1 aliphatic carbocycles. The third-order valence-corrected chi connectivity index (χ3v) is 4.12. The molecule has 0 bridgehead atoms. The Morgan fingerprint density at radius 3 is 2.62 bits per heavy atom. The van der Waals surface area contributed by atoms with Crippen molar-refractivity contribution in [1.29, 1.82) is 0 Å². The molecule has 1 saturated carbocycles. The summed E-state index contributed by atoms with van der Waals surface area (Å²) in [7, 11) is 0. The van der Waals surface area contributed by atoms with Crippen LogP contribution in [0.5, 0.6) is 0 Å². The maximum absolute atomic E-state index is 12.6. The summed E-state index contributed by atoms with van der Waals surface area (Å²) in [6, 6.07) is 6.84. The molecule has 3 amide bonds. The molecule has 134 valence electrons. The molecule has 0 heterocycles. The third-order valence-electron chi connectivity index (χ3n) is 4.12. The van der Waals surface area contributed by atoms with Crippen LogP contribution in [-0.2, 0) is 0 Å². The number of carbonyl (C=O) groups is 2. The van der Waals surface area contributed by atoms with E-state index in [0.29, 0.717) is 23.7 Å². The average molecular weight is 355 g/mol. The fourth-order valence-corrected chi connectivity index (χ4v) is 2.97. The SMILES string of the molecule is CC(C)NC(=O)Nc1ccccc1C(=O)NC1CCCC1CN.Cl. The highest BCUT2D eigenvalue weighted by molar-refractivity contribution is 6.03. The van der Waals surface area contributed by atoms with E-state index in [9.17, 15) is 9.59 Å². The van der Waals surface area contributed by atoms with Crippen LogP contribution in [0.2, 0.25) is 0 Å². The maximum atomic E-state index is 12.6. The van der Waals surface area contributed by atoms with Crippen molar-refractivity contribution in [3.05, 3.63) is 29.8 Å². The van der Waals surface area contributed by atoms with Crippen molar-refractivity contribution in [3.8, 4) is 0 Å². The monoisotopic (exact) mass is 354 g/mol. The van der Waals surface area contributed by atoms with Gasteiger partial charge < -0.3 is 21.7 Å². The minimum absolute atomic E-state index is 0. The first-order valence-corrected chi connectivity index (χ1v) is 8.18. The first kappa shape index (κ1) is 20.3. The molecule has 2 atom stereocenters. The van der Waals surface area contributed by atoms with Gasteiger partial charge in [0, 0.05) is 12.1 Å². The number of amides is 3. The molecule has 0 aromatic heterocycles. The van der Waals surface area contributed by atoms with Crippen molar-refractivity contribution in [2.75, 3.05) is 11.9 Å². The van der Waals surface area contributed by atoms with E-state index in [-0.39, 0.29) is 36.4 Å². The molecule has 0 radical (unpaired) electrons. The Balaban J connectivity index is 0.00000288. The minimum atomic E-state index is -0.319. The number of halogens is 1. The van der Waals surface area contributed by atoms with Crippen LogP contribution < -0.4 is 21.7 Å². The summed E-state index contributed by atoms with van der Waals surface area (Å²) in [5.74, 6) is 0.166. The van der Waals surface area contributed by atoms with Crippen LogP contribution in [0.1, 0.15) is 43.5 Å². The van der Waals surface area contributed by atoms with Crippen molar-refractivity contribution >= 4 is 30.0 Å². The van der Waals surface area contributed by atoms with Gasteiger partial charge in [-0.3, -0.25) is 4.79 Å². The fraction of sp³-hybridized carbons (Fsp3) is 0.529. The van der Waals surface area contributed by atoms with Gasteiger partial charge in [-0.2, -0.15) is 0 Å². The Hall–Kier alpha value is -1.79. The smallest absolute Gasteiger partial charge is 0.319 e. The highest BCUT2D eigenvalue weighted by Gasteiger charge is 2.28. The van der Waals surface area contributed by atoms with Crippen LogP contribution >= 0.6 is 12.4 Å². The number of hydrogen-bond donors (Lipinski definition) is 4. The number of anilines is 1. The van der Waals surface area contributed by atoms with Gasteiger partial charge in [0.1, 0.15) is 0 Å². The second kappa shape index (κ2) is 9.49. The van der Waals surface area contributed by atoms with E-state index in [1.165, 1.54) is 0 Å². The van der Waals surface area contributed by atoms with Gasteiger partial charge in [0.05, 0.1) is 11.3 Å². The highest BCUT2D eigenvalue weighted by Crippen LogP contribution is 2.25. The van der Waals surface area contributed by atoms with Crippen LogP contribution in [-0.4, -0.2) is 30.6 Å². The first-order valence-electron chi connectivity index (χ1n) is 8.18. The summed E-state index contributed by atoms with van der Waals surface area (Å²) in [5, 5.41) is 8.55. The summed E-state index contributed by atoms with van der Waals surface area (Å²) in [4.78, 5) is 24.4. The number of hydrogen-bond acceptors (Lipinski definition) is 3. The van der Waals surface area contributed by atoms with Gasteiger partial charge in [0.15, 0.2) is 0 Å². The zero-order valence-electron chi connectivity index (χ0n) is 14.2. The molecule has 2 unspecified atom stereocenters. The largest absolute Gasteiger partial charge is 0.349 e. The van der Waals surface area contributed by atoms with Crippen molar-refractivity contribution in [1.82, 2.24) is 10.6 Å². The Morgan fingerprint density at radius 2 is 1.96 bits per heavy atom. The molecule has 7 heteroatoms. The summed E-state index contributed by atoms with van der Waals surface area (Å²) >= 11 is 0. The lowest BCUT2D eigenvalue weighted by Gasteiger charge is -2.20. The summed E-state index contributed by atoms with van der Waals surface area (Å²) in [6.07, 6.45) is 3.10. The zero-order chi connectivity index (χ0) is 16.8. The lowest BCUT2D eigenvalue weighted by Crippen LogP contribution is -2.40. The molecule has 0 saturated heterocycles. The molecule has 6 nitrogen and oxygen atoms in total. The molecular weight excluding hydrogens is 328 g/mol. The minimum Gasteiger partial charge on any atom is -0.349 e. The Bertz CT molecular complexity index is 565. The van der Waals surface area contributed by atoms with Crippen molar-refractivity contribution in [2.45, 2.75) is 45.2 Å². The Kier molecular flexibility index (Phi) is 8.01. The predicted octanol–water partition coefficient (Wildman–Crippen LogP) is 2.50. The Morgan fingerprint density at radius 1 is 1.25 bits per heavy atom. The molecule has 1 aliphatic rings. The van der Waals surface area contributed by atoms with E-state index in [0.717, 1.165) is 19.3 Å². The normalized spacial score (nSPS) is 19.5. The lowest BCUT2D eigenvalue weighted by atomic mass is 10.0. The number of urea groups is 1. The van der Waals surface area contributed by atoms with Gasteiger partial charge in [-0.15, -0.1) is 12.4 Å². The van der Waals surface area contributed by atoms with E-state index >= 15 is 0 Å². The van der Waals surface area contributed by atoms with Crippen LogP contribution in [0, 0.1) is 5.92 Å². The zero-order valence-corrected chi connectivity index (χ0v) is 15.0. The highest BCUT2D eigenvalue weighted by atomic mass is 35.5. The average Bonchev–Trinajstić information content (AvgIpc) is 2.94. The number of nitrogens with two attached hydrogens (primary N) is 1. The van der Waals surface area contributed by atoms with E-state index < -0.39 is 0 Å². The molecular formula is C17H27ClN4O2. The molecule has 5 N–H and O–H groups in total. The van der Waals surface area contributed by atoms with Gasteiger partial charge in [0.25, 0.3) is 5.91 Å². The van der Waals surface area contributed by atoms with Gasteiger partial charge >= 0.3 is 6.03 Å². The van der Waals surface area contributed by atoms with Gasteiger partial charge in [0.2, 0.25) is 0 Å². The summed E-state index contributed by atoms with van der Waals surface area (Å²) in [6.45, 7) is 4.35. The van der Waals surface area contributed by atoms with Crippen molar-refractivity contribution in [3.63, 3.8) is 0 Å². The van der Waals surface area contributed by atoms with Crippen molar-refractivity contribution in [2.24, 2.45) is 11.7 Å². The molecule has 0 spiro atoms.